The number of hydrogen-bond donors (Lipinski definition) is 6. The molecule has 2 unspecified atom stereocenters. The van der Waals surface area contributed by atoms with E-state index in [0.29, 0.717) is 77.5 Å². The quantitative estimate of drug-likeness (QED) is 0.0296. The summed E-state index contributed by atoms with van der Waals surface area (Å²) < 4.78 is 12.3. The number of nitrogens with one attached hydrogen (secondary N) is 4. The molecule has 6 rings (SSSR count). The van der Waals surface area contributed by atoms with E-state index < -0.39 is 23.3 Å². The van der Waals surface area contributed by atoms with Crippen molar-refractivity contribution in [1.29, 1.82) is 0 Å². The third kappa shape index (κ3) is 12.4. The summed E-state index contributed by atoms with van der Waals surface area (Å²) in [5, 5.41) is 12.3. The molecule has 0 aliphatic heterocycles. The Bertz CT molecular complexity index is 1790. The first kappa shape index (κ1) is 47.2. The Morgan fingerprint density at radius 2 is 0.794 bits per heavy atom. The molecule has 2 aliphatic rings. The average Bonchev–Trinajstić information content (AvgIpc) is 4.04. The van der Waals surface area contributed by atoms with Crippen LogP contribution in [0.2, 0.25) is 0 Å². The van der Waals surface area contributed by atoms with Crippen molar-refractivity contribution in [2.45, 2.75) is 101 Å². The van der Waals surface area contributed by atoms with E-state index in [1.54, 1.807) is 0 Å². The fraction of sp³-hybridized carbons (Fsp3) is 0.440. The SMILES string of the molecule is NCCCC(NC(=O)C1(C(=O)NCC(c2ccccc2)c2ccccc2)CCCC1)OBOC(CCCN)NC(=O)C1(C(=O)NCC(c2ccccc2)c2ccccc2)CCCC1. The van der Waals surface area contributed by atoms with Crippen LogP contribution in [0.1, 0.15) is 111 Å². The van der Waals surface area contributed by atoms with Gasteiger partial charge in [-0.1, -0.05) is 147 Å². The van der Waals surface area contributed by atoms with E-state index >= 15 is 0 Å². The van der Waals surface area contributed by atoms with Crippen molar-refractivity contribution in [2.75, 3.05) is 26.2 Å². The highest BCUT2D eigenvalue weighted by molar-refractivity contribution is 6.18. The van der Waals surface area contributed by atoms with Gasteiger partial charge in [0.2, 0.25) is 23.6 Å². The molecular weight excluding hydrogens is 791 g/mol. The Balaban J connectivity index is 1.08. The van der Waals surface area contributed by atoms with Crippen molar-refractivity contribution in [3.8, 4) is 0 Å². The van der Waals surface area contributed by atoms with Crippen LogP contribution >= 0.6 is 0 Å². The van der Waals surface area contributed by atoms with Crippen LogP contribution in [-0.2, 0) is 28.5 Å². The van der Waals surface area contributed by atoms with Crippen molar-refractivity contribution in [3.63, 3.8) is 0 Å². The number of benzene rings is 4. The summed E-state index contributed by atoms with van der Waals surface area (Å²) in [5.41, 5.74) is 13.6. The summed E-state index contributed by atoms with van der Waals surface area (Å²) in [5.74, 6) is -1.55. The monoisotopic (exact) mass is 857 g/mol. The van der Waals surface area contributed by atoms with Gasteiger partial charge in [0.15, 0.2) is 0 Å². The lowest BCUT2D eigenvalue weighted by atomic mass is 9.83. The minimum atomic E-state index is -1.25. The minimum Gasteiger partial charge on any atom is -0.393 e. The van der Waals surface area contributed by atoms with Crippen LogP contribution in [0.4, 0.5) is 0 Å². The first-order valence-electron chi connectivity index (χ1n) is 22.8. The zero-order chi connectivity index (χ0) is 44.3. The first-order chi connectivity index (χ1) is 30.8. The number of rotatable bonds is 24. The van der Waals surface area contributed by atoms with E-state index in [-0.39, 0.29) is 43.1 Å². The molecule has 334 valence electrons. The Kier molecular flexibility index (Phi) is 17.9. The van der Waals surface area contributed by atoms with Gasteiger partial charge >= 0.3 is 7.69 Å². The largest absolute Gasteiger partial charge is 0.441 e. The highest BCUT2D eigenvalue weighted by Crippen LogP contribution is 2.40. The van der Waals surface area contributed by atoms with Gasteiger partial charge in [-0.15, -0.1) is 0 Å². The van der Waals surface area contributed by atoms with Gasteiger partial charge in [-0.2, -0.15) is 0 Å². The van der Waals surface area contributed by atoms with E-state index in [0.717, 1.165) is 47.9 Å². The van der Waals surface area contributed by atoms with Crippen LogP contribution in [0.25, 0.3) is 0 Å². The smallest absolute Gasteiger partial charge is 0.393 e. The molecule has 4 aromatic carbocycles. The van der Waals surface area contributed by atoms with Crippen LogP contribution in [0.15, 0.2) is 121 Å². The molecule has 63 heavy (non-hydrogen) atoms. The summed E-state index contributed by atoms with van der Waals surface area (Å²) in [4.78, 5) is 56.7. The van der Waals surface area contributed by atoms with Gasteiger partial charge in [-0.3, -0.25) is 19.2 Å². The Morgan fingerprint density at radius 3 is 1.08 bits per heavy atom. The molecule has 8 N–H and O–H groups in total. The summed E-state index contributed by atoms with van der Waals surface area (Å²) in [7, 11) is -0.269. The van der Waals surface area contributed by atoms with Crippen LogP contribution in [0.5, 0.6) is 0 Å². The standard InChI is InChI=1S/C50H65BN6O6/c52-33-17-27-43(56-47(60)49(29-13-14-30-49)45(58)54-35-41(37-19-5-1-6-20-37)38-21-7-2-8-22-38)62-51-63-44(28-18-34-53)57-48(61)50(31-15-16-32-50)46(59)55-36-42(39-23-9-3-10-24-39)40-25-11-4-12-26-40/h1-12,19-26,41-44,51H,13-18,27-36,52-53H2,(H,54,58)(H,55,59)(H,56,60)(H,57,61). The maximum Gasteiger partial charge on any atom is 0.441 e. The number of hydrogen-bond acceptors (Lipinski definition) is 8. The summed E-state index contributed by atoms with van der Waals surface area (Å²) >= 11 is 0. The van der Waals surface area contributed by atoms with Crippen molar-refractivity contribution in [1.82, 2.24) is 21.3 Å². The maximum atomic E-state index is 14.2. The Morgan fingerprint density at radius 1 is 0.492 bits per heavy atom. The van der Waals surface area contributed by atoms with Crippen LogP contribution < -0.4 is 32.7 Å². The van der Waals surface area contributed by atoms with Crippen LogP contribution in [0, 0.1) is 10.8 Å². The molecule has 2 saturated carbocycles. The maximum absolute atomic E-state index is 14.2. The van der Waals surface area contributed by atoms with Gasteiger partial charge in [0.1, 0.15) is 23.3 Å². The lowest BCUT2D eigenvalue weighted by molar-refractivity contribution is -0.146. The van der Waals surface area contributed by atoms with Crippen molar-refractivity contribution < 1.29 is 28.5 Å². The zero-order valence-corrected chi connectivity index (χ0v) is 36.5. The molecule has 0 bridgehead atoms. The lowest BCUT2D eigenvalue weighted by Crippen LogP contribution is -2.54. The van der Waals surface area contributed by atoms with Gasteiger partial charge in [0.25, 0.3) is 0 Å². The van der Waals surface area contributed by atoms with E-state index in [1.165, 1.54) is 0 Å². The molecule has 0 heterocycles. The van der Waals surface area contributed by atoms with Crippen molar-refractivity contribution in [2.24, 2.45) is 22.3 Å². The summed E-state index contributed by atoms with van der Waals surface area (Å²) in [6.45, 7) is 1.42. The zero-order valence-electron chi connectivity index (χ0n) is 36.5. The van der Waals surface area contributed by atoms with E-state index in [9.17, 15) is 19.2 Å². The molecule has 0 radical (unpaired) electrons. The highest BCUT2D eigenvalue weighted by atomic mass is 16.6. The molecule has 0 saturated heterocycles. The van der Waals surface area contributed by atoms with Gasteiger partial charge < -0.3 is 42.0 Å². The third-order valence-corrected chi connectivity index (χ3v) is 12.9. The lowest BCUT2D eigenvalue weighted by Gasteiger charge is -2.31. The molecule has 2 atom stereocenters. The van der Waals surface area contributed by atoms with Crippen LogP contribution in [-0.4, -0.2) is 69.9 Å². The van der Waals surface area contributed by atoms with E-state index in [2.05, 4.69) is 21.3 Å². The van der Waals surface area contributed by atoms with Crippen LogP contribution in [0.3, 0.4) is 0 Å². The predicted molar refractivity (Wildman–Crippen MR) is 247 cm³/mol. The topological polar surface area (TPSA) is 187 Å². The summed E-state index contributed by atoms with van der Waals surface area (Å²) in [6.07, 6.45) is 5.00. The molecule has 0 spiro atoms. The summed E-state index contributed by atoms with van der Waals surface area (Å²) in [6, 6.07) is 40.2. The van der Waals surface area contributed by atoms with Gasteiger partial charge in [0.05, 0.1) is 0 Å². The second kappa shape index (κ2) is 23.9. The molecule has 12 nitrogen and oxygen atoms in total. The number of carbonyl (C=O) groups excluding carboxylic acids is 4. The van der Waals surface area contributed by atoms with E-state index in [4.69, 9.17) is 20.8 Å². The molecule has 0 aromatic heterocycles. The average molecular weight is 857 g/mol. The van der Waals surface area contributed by atoms with Gasteiger partial charge in [-0.05, 0) is 86.7 Å². The number of nitrogens with two attached hydrogens (primary N) is 2. The van der Waals surface area contributed by atoms with Crippen molar-refractivity contribution >= 4 is 31.3 Å². The Labute approximate surface area is 373 Å². The molecule has 2 fully saturated rings. The number of carbonyl (C=O) groups is 4. The Hall–Kier alpha value is -5.34. The number of amides is 4. The van der Waals surface area contributed by atoms with Gasteiger partial charge in [0, 0.05) is 24.9 Å². The second-order valence-corrected chi connectivity index (χ2v) is 17.0. The molecule has 13 heteroatoms. The molecule has 2 aliphatic carbocycles. The second-order valence-electron chi connectivity index (χ2n) is 17.0. The minimum absolute atomic E-state index is 0.0899. The predicted octanol–water partition coefficient (Wildman–Crippen LogP) is 5.67. The fourth-order valence-electron chi connectivity index (χ4n) is 9.17. The molecular formula is C50H65BN6O6. The third-order valence-electron chi connectivity index (χ3n) is 12.9. The van der Waals surface area contributed by atoms with Gasteiger partial charge in [-0.25, -0.2) is 0 Å². The first-order valence-corrected chi connectivity index (χ1v) is 22.8. The fourth-order valence-corrected chi connectivity index (χ4v) is 9.17. The normalized spacial score (nSPS) is 16.3. The van der Waals surface area contributed by atoms with E-state index in [1.807, 2.05) is 121 Å². The molecule has 4 aromatic rings. The van der Waals surface area contributed by atoms with Crippen molar-refractivity contribution in [3.05, 3.63) is 144 Å². The highest BCUT2D eigenvalue weighted by Gasteiger charge is 2.50. The molecule has 4 amide bonds.